The van der Waals surface area contributed by atoms with Crippen molar-refractivity contribution in [1.82, 2.24) is 0 Å². The van der Waals surface area contributed by atoms with Gasteiger partial charge < -0.3 is 9.47 Å². The lowest BCUT2D eigenvalue weighted by Gasteiger charge is -2.06. The maximum Gasteiger partial charge on any atom is 0.334 e. The van der Waals surface area contributed by atoms with E-state index in [1.54, 1.807) is 13.8 Å². The van der Waals surface area contributed by atoms with Crippen molar-refractivity contribution in [2.24, 2.45) is 0 Å². The number of rotatable bonds is 5. The molecule has 0 atom stereocenters. The van der Waals surface area contributed by atoms with Gasteiger partial charge in [-0.15, -0.1) is 6.58 Å². The fourth-order valence-corrected chi connectivity index (χ4v) is 0.896. The maximum absolute atomic E-state index is 11.2. The number of methoxy groups -OCH3 is 1. The van der Waals surface area contributed by atoms with Crippen molar-refractivity contribution in [2.45, 2.75) is 26.4 Å². The monoisotopic (exact) mass is 212 g/mol. The minimum absolute atomic E-state index is 0.212. The zero-order valence-corrected chi connectivity index (χ0v) is 9.28. The number of ether oxygens (including phenoxy) is 2. The number of hydrogen-bond donors (Lipinski definition) is 0. The van der Waals surface area contributed by atoms with Gasteiger partial charge in [-0.05, 0) is 20.3 Å². The van der Waals surface area contributed by atoms with Crippen molar-refractivity contribution in [3.8, 4) is 0 Å². The van der Waals surface area contributed by atoms with Crippen LogP contribution < -0.4 is 0 Å². The molecule has 0 rings (SSSR count). The van der Waals surface area contributed by atoms with Gasteiger partial charge in [0.05, 0.1) is 13.2 Å². The SMILES string of the molecule is C=CC/C(=C\C(=O)OC(C)C)C(=O)OC. The Morgan fingerprint density at radius 3 is 2.40 bits per heavy atom. The molecular weight excluding hydrogens is 196 g/mol. The van der Waals surface area contributed by atoms with E-state index in [2.05, 4.69) is 11.3 Å². The highest BCUT2D eigenvalue weighted by Crippen LogP contribution is 2.05. The molecule has 84 valence electrons. The van der Waals surface area contributed by atoms with Crippen molar-refractivity contribution in [3.63, 3.8) is 0 Å². The third-order valence-electron chi connectivity index (χ3n) is 1.46. The quantitative estimate of drug-likeness (QED) is 0.394. The molecule has 0 N–H and O–H groups in total. The number of hydrogen-bond acceptors (Lipinski definition) is 4. The zero-order valence-electron chi connectivity index (χ0n) is 9.28. The molecule has 0 aliphatic rings. The summed E-state index contributed by atoms with van der Waals surface area (Å²) in [6.45, 7) is 6.95. The highest BCUT2D eigenvalue weighted by molar-refractivity contribution is 5.96. The molecule has 4 nitrogen and oxygen atoms in total. The molecule has 0 aromatic heterocycles. The van der Waals surface area contributed by atoms with E-state index in [0.29, 0.717) is 0 Å². The summed E-state index contributed by atoms with van der Waals surface area (Å²) < 4.78 is 9.37. The van der Waals surface area contributed by atoms with E-state index in [1.807, 2.05) is 0 Å². The van der Waals surface area contributed by atoms with Gasteiger partial charge in [0.2, 0.25) is 0 Å². The van der Waals surface area contributed by atoms with E-state index in [9.17, 15) is 9.59 Å². The first-order chi connectivity index (χ1) is 7.01. The zero-order chi connectivity index (χ0) is 11.8. The molecule has 0 aliphatic heterocycles. The van der Waals surface area contributed by atoms with Crippen LogP contribution in [0.5, 0.6) is 0 Å². The van der Waals surface area contributed by atoms with Crippen molar-refractivity contribution in [1.29, 1.82) is 0 Å². The normalized spacial score (nSPS) is 11.1. The Morgan fingerprint density at radius 2 is 2.00 bits per heavy atom. The summed E-state index contributed by atoms with van der Waals surface area (Å²) in [5.41, 5.74) is 0.234. The van der Waals surface area contributed by atoms with E-state index in [0.717, 1.165) is 6.08 Å². The predicted molar refractivity (Wildman–Crippen MR) is 56.1 cm³/mol. The van der Waals surface area contributed by atoms with Crippen LogP contribution in [-0.4, -0.2) is 25.2 Å². The van der Waals surface area contributed by atoms with Crippen molar-refractivity contribution in [3.05, 3.63) is 24.3 Å². The van der Waals surface area contributed by atoms with Gasteiger partial charge in [0.25, 0.3) is 0 Å². The molecule has 0 heterocycles. The first-order valence-electron chi connectivity index (χ1n) is 4.61. The lowest BCUT2D eigenvalue weighted by atomic mass is 10.2. The highest BCUT2D eigenvalue weighted by Gasteiger charge is 2.11. The first kappa shape index (κ1) is 13.4. The fourth-order valence-electron chi connectivity index (χ4n) is 0.896. The Bertz CT molecular complexity index is 276. The summed E-state index contributed by atoms with van der Waals surface area (Å²) in [6.07, 6.45) is 2.72. The largest absolute Gasteiger partial charge is 0.466 e. The fraction of sp³-hybridized carbons (Fsp3) is 0.455. The summed E-state index contributed by atoms with van der Waals surface area (Å²) in [5, 5.41) is 0. The van der Waals surface area contributed by atoms with Crippen molar-refractivity contribution < 1.29 is 19.1 Å². The molecule has 0 fully saturated rings. The van der Waals surface area contributed by atoms with Crippen LogP contribution in [0.25, 0.3) is 0 Å². The molecule has 0 aromatic rings. The molecule has 0 aromatic carbocycles. The number of carbonyl (C=O) groups excluding carboxylic acids is 2. The molecule has 0 bridgehead atoms. The van der Waals surface area contributed by atoms with Gasteiger partial charge in [-0.25, -0.2) is 9.59 Å². The van der Waals surface area contributed by atoms with Crippen molar-refractivity contribution >= 4 is 11.9 Å². The minimum Gasteiger partial charge on any atom is -0.466 e. The van der Waals surface area contributed by atoms with Crippen LogP contribution in [0.3, 0.4) is 0 Å². The standard InChI is InChI=1S/C11H16O4/c1-5-6-9(11(13)14-4)7-10(12)15-8(2)3/h5,7-8H,1,6H2,2-4H3/b9-7+. The van der Waals surface area contributed by atoms with Crippen LogP contribution in [0.4, 0.5) is 0 Å². The Balaban J connectivity index is 4.59. The molecule has 15 heavy (non-hydrogen) atoms. The van der Waals surface area contributed by atoms with Crippen LogP contribution in [0.1, 0.15) is 20.3 Å². The Hall–Kier alpha value is -1.58. The lowest BCUT2D eigenvalue weighted by molar-refractivity contribution is -0.142. The van der Waals surface area contributed by atoms with Crippen LogP contribution in [0, 0.1) is 0 Å². The second-order valence-electron chi connectivity index (χ2n) is 3.14. The molecule has 0 amide bonds. The second-order valence-corrected chi connectivity index (χ2v) is 3.14. The van der Waals surface area contributed by atoms with Gasteiger partial charge in [0.1, 0.15) is 0 Å². The Morgan fingerprint density at radius 1 is 1.40 bits per heavy atom. The second kappa shape index (κ2) is 6.81. The lowest BCUT2D eigenvalue weighted by Crippen LogP contribution is -2.12. The summed E-state index contributed by atoms with van der Waals surface area (Å²) in [5.74, 6) is -1.09. The molecule has 0 radical (unpaired) electrons. The van der Waals surface area contributed by atoms with Gasteiger partial charge in [0.15, 0.2) is 0 Å². The average Bonchev–Trinajstić information content (AvgIpc) is 2.14. The number of esters is 2. The smallest absolute Gasteiger partial charge is 0.334 e. The molecular formula is C11H16O4. The Kier molecular flexibility index (Phi) is 6.09. The summed E-state index contributed by atoms with van der Waals surface area (Å²) in [4.78, 5) is 22.4. The van der Waals surface area contributed by atoms with E-state index in [4.69, 9.17) is 4.74 Å². The summed E-state index contributed by atoms with van der Waals surface area (Å²) in [7, 11) is 1.26. The van der Waals surface area contributed by atoms with Gasteiger partial charge in [-0.1, -0.05) is 6.08 Å². The molecule has 0 saturated heterocycles. The minimum atomic E-state index is -0.549. The topological polar surface area (TPSA) is 52.6 Å². The first-order valence-corrected chi connectivity index (χ1v) is 4.61. The van der Waals surface area contributed by atoms with Gasteiger partial charge in [0, 0.05) is 11.6 Å². The van der Waals surface area contributed by atoms with Crippen LogP contribution in [0.15, 0.2) is 24.3 Å². The highest BCUT2D eigenvalue weighted by atomic mass is 16.5. The molecule has 0 unspecified atom stereocenters. The van der Waals surface area contributed by atoms with Gasteiger partial charge >= 0.3 is 11.9 Å². The van der Waals surface area contributed by atoms with Crippen molar-refractivity contribution in [2.75, 3.05) is 7.11 Å². The van der Waals surface area contributed by atoms with E-state index >= 15 is 0 Å². The number of carbonyl (C=O) groups is 2. The molecule has 0 spiro atoms. The van der Waals surface area contributed by atoms with Crippen LogP contribution >= 0.6 is 0 Å². The third kappa shape index (κ3) is 5.67. The Labute approximate surface area is 89.6 Å². The van der Waals surface area contributed by atoms with Gasteiger partial charge in [-0.2, -0.15) is 0 Å². The molecule has 0 saturated carbocycles. The summed E-state index contributed by atoms with van der Waals surface area (Å²) in [6, 6.07) is 0. The number of allylic oxidation sites excluding steroid dienone is 1. The third-order valence-corrected chi connectivity index (χ3v) is 1.46. The maximum atomic E-state index is 11.2. The van der Waals surface area contributed by atoms with E-state index in [-0.39, 0.29) is 18.1 Å². The summed E-state index contributed by atoms with van der Waals surface area (Å²) >= 11 is 0. The van der Waals surface area contributed by atoms with Crippen LogP contribution in [0.2, 0.25) is 0 Å². The van der Waals surface area contributed by atoms with Gasteiger partial charge in [-0.3, -0.25) is 0 Å². The van der Waals surface area contributed by atoms with E-state index in [1.165, 1.54) is 13.2 Å². The van der Waals surface area contributed by atoms with Crippen LogP contribution in [-0.2, 0) is 19.1 Å². The molecule has 0 aliphatic carbocycles. The predicted octanol–water partition coefficient (Wildman–Crippen LogP) is 1.61. The average molecular weight is 212 g/mol. The molecule has 4 heteroatoms. The van der Waals surface area contributed by atoms with E-state index < -0.39 is 11.9 Å².